The first kappa shape index (κ1) is 14.0. The standard InChI is InChI=1S/C16H21NO2S/c18-16(19)15-11-20-9-8-17(15)10-13-6-3-5-12-4-1-2-7-14(12)13/h1-2,4,7,13,15H,3,5-6,8-11H2,(H,18,19). The van der Waals surface area contributed by atoms with Crippen molar-refractivity contribution in [1.82, 2.24) is 4.90 Å². The molecule has 0 amide bonds. The molecule has 0 radical (unpaired) electrons. The van der Waals surface area contributed by atoms with E-state index in [0.29, 0.717) is 5.92 Å². The van der Waals surface area contributed by atoms with Crippen molar-refractivity contribution in [2.45, 2.75) is 31.2 Å². The fourth-order valence-corrected chi connectivity index (χ4v) is 4.52. The van der Waals surface area contributed by atoms with Crippen LogP contribution in [0.1, 0.15) is 29.9 Å². The molecule has 1 aromatic rings. The van der Waals surface area contributed by atoms with Gasteiger partial charge in [-0.1, -0.05) is 24.3 Å². The van der Waals surface area contributed by atoms with Crippen molar-refractivity contribution in [3.05, 3.63) is 35.4 Å². The monoisotopic (exact) mass is 291 g/mol. The van der Waals surface area contributed by atoms with Gasteiger partial charge >= 0.3 is 5.97 Å². The van der Waals surface area contributed by atoms with Crippen molar-refractivity contribution in [3.63, 3.8) is 0 Å². The third kappa shape index (κ3) is 2.86. The lowest BCUT2D eigenvalue weighted by Gasteiger charge is -2.37. The average Bonchev–Trinajstić information content (AvgIpc) is 2.48. The van der Waals surface area contributed by atoms with Crippen LogP contribution in [-0.4, -0.2) is 46.6 Å². The molecular formula is C16H21NO2S. The van der Waals surface area contributed by atoms with E-state index in [0.717, 1.165) is 24.6 Å². The molecule has 20 heavy (non-hydrogen) atoms. The van der Waals surface area contributed by atoms with Gasteiger partial charge in [0.05, 0.1) is 0 Å². The average molecular weight is 291 g/mol. The predicted molar refractivity (Wildman–Crippen MR) is 82.4 cm³/mol. The van der Waals surface area contributed by atoms with E-state index in [1.165, 1.54) is 30.4 Å². The normalized spacial score (nSPS) is 27.0. The van der Waals surface area contributed by atoms with Gasteiger partial charge in [0.1, 0.15) is 6.04 Å². The van der Waals surface area contributed by atoms with Gasteiger partial charge in [-0.05, 0) is 36.3 Å². The number of aryl methyl sites for hydroxylation is 1. The lowest BCUT2D eigenvalue weighted by Crippen LogP contribution is -2.48. The molecule has 1 aliphatic carbocycles. The zero-order valence-corrected chi connectivity index (χ0v) is 12.4. The van der Waals surface area contributed by atoms with Crippen LogP contribution in [0, 0.1) is 0 Å². The summed E-state index contributed by atoms with van der Waals surface area (Å²) in [7, 11) is 0. The quantitative estimate of drug-likeness (QED) is 0.929. The summed E-state index contributed by atoms with van der Waals surface area (Å²) < 4.78 is 0. The van der Waals surface area contributed by atoms with E-state index in [2.05, 4.69) is 29.2 Å². The lowest BCUT2D eigenvalue weighted by atomic mass is 9.82. The minimum Gasteiger partial charge on any atom is -0.480 e. The van der Waals surface area contributed by atoms with Crippen molar-refractivity contribution in [2.24, 2.45) is 0 Å². The smallest absolute Gasteiger partial charge is 0.321 e. The number of carboxylic acid groups (broad SMARTS) is 1. The molecule has 0 spiro atoms. The first-order chi connectivity index (χ1) is 9.75. The van der Waals surface area contributed by atoms with Crippen molar-refractivity contribution in [1.29, 1.82) is 0 Å². The number of hydrogen-bond donors (Lipinski definition) is 1. The van der Waals surface area contributed by atoms with Crippen LogP contribution < -0.4 is 0 Å². The minimum absolute atomic E-state index is 0.303. The van der Waals surface area contributed by atoms with Crippen molar-refractivity contribution in [3.8, 4) is 0 Å². The van der Waals surface area contributed by atoms with Crippen LogP contribution in [0.2, 0.25) is 0 Å². The van der Waals surface area contributed by atoms with Gasteiger partial charge in [-0.25, -0.2) is 0 Å². The van der Waals surface area contributed by atoms with Crippen LogP contribution in [0.15, 0.2) is 24.3 Å². The molecule has 2 aliphatic rings. The Bertz CT molecular complexity index is 491. The number of rotatable bonds is 3. The molecule has 3 rings (SSSR count). The fraction of sp³-hybridized carbons (Fsp3) is 0.562. The molecule has 4 heteroatoms. The summed E-state index contributed by atoms with van der Waals surface area (Å²) in [6.45, 7) is 1.80. The molecule has 1 aliphatic heterocycles. The Morgan fingerprint density at radius 2 is 2.25 bits per heavy atom. The maximum Gasteiger partial charge on any atom is 0.321 e. The summed E-state index contributed by atoms with van der Waals surface area (Å²) in [4.78, 5) is 13.6. The highest BCUT2D eigenvalue weighted by Gasteiger charge is 2.31. The van der Waals surface area contributed by atoms with Crippen LogP contribution >= 0.6 is 11.8 Å². The fourth-order valence-electron chi connectivity index (χ4n) is 3.41. The van der Waals surface area contributed by atoms with E-state index in [9.17, 15) is 9.90 Å². The van der Waals surface area contributed by atoms with Crippen LogP contribution in [0.5, 0.6) is 0 Å². The molecule has 2 unspecified atom stereocenters. The number of aliphatic carboxylic acids is 1. The van der Waals surface area contributed by atoms with Crippen molar-refractivity contribution >= 4 is 17.7 Å². The largest absolute Gasteiger partial charge is 0.480 e. The first-order valence-electron chi connectivity index (χ1n) is 7.38. The minimum atomic E-state index is -0.665. The topological polar surface area (TPSA) is 40.5 Å². The summed E-state index contributed by atoms with van der Waals surface area (Å²) in [5.74, 6) is 1.62. The molecule has 0 saturated carbocycles. The van der Waals surface area contributed by atoms with E-state index in [1.54, 1.807) is 11.8 Å². The zero-order chi connectivity index (χ0) is 13.9. The Balaban J connectivity index is 1.76. The van der Waals surface area contributed by atoms with Crippen LogP contribution in [0.4, 0.5) is 0 Å². The second kappa shape index (κ2) is 6.19. The third-order valence-corrected chi connectivity index (χ3v) is 5.50. The number of carboxylic acids is 1. The molecular weight excluding hydrogens is 270 g/mol. The predicted octanol–water partition coefficient (Wildman–Crippen LogP) is 2.61. The molecule has 2 atom stereocenters. The molecule has 0 aromatic heterocycles. The third-order valence-electron chi connectivity index (χ3n) is 4.47. The Morgan fingerprint density at radius 3 is 3.10 bits per heavy atom. The number of fused-ring (bicyclic) bond motifs is 1. The number of nitrogens with zero attached hydrogens (tertiary/aromatic N) is 1. The Kier molecular flexibility index (Phi) is 4.32. The summed E-state index contributed by atoms with van der Waals surface area (Å²) in [5, 5.41) is 9.38. The molecule has 3 nitrogen and oxygen atoms in total. The van der Waals surface area contributed by atoms with Gasteiger partial charge in [0.25, 0.3) is 0 Å². The summed E-state index contributed by atoms with van der Waals surface area (Å²) >= 11 is 1.76. The van der Waals surface area contributed by atoms with Gasteiger partial charge in [-0.3, -0.25) is 9.69 Å². The van der Waals surface area contributed by atoms with Crippen LogP contribution in [-0.2, 0) is 11.2 Å². The number of carbonyl (C=O) groups is 1. The second-order valence-electron chi connectivity index (χ2n) is 5.71. The second-order valence-corrected chi connectivity index (χ2v) is 6.86. The molecule has 0 bridgehead atoms. The van der Waals surface area contributed by atoms with Gasteiger partial charge in [0, 0.05) is 24.6 Å². The maximum atomic E-state index is 11.4. The Labute approximate surface area is 124 Å². The van der Waals surface area contributed by atoms with E-state index in [1.807, 2.05) is 0 Å². The van der Waals surface area contributed by atoms with Crippen LogP contribution in [0.25, 0.3) is 0 Å². The SMILES string of the molecule is O=C(O)C1CSCCN1CC1CCCc2ccccc21. The number of hydrogen-bond acceptors (Lipinski definition) is 3. The molecule has 1 saturated heterocycles. The van der Waals surface area contributed by atoms with E-state index in [4.69, 9.17) is 0 Å². The van der Waals surface area contributed by atoms with Gasteiger partial charge in [0.2, 0.25) is 0 Å². The molecule has 1 fully saturated rings. The summed E-state index contributed by atoms with van der Waals surface area (Å²) in [6.07, 6.45) is 3.58. The highest BCUT2D eigenvalue weighted by atomic mass is 32.2. The summed E-state index contributed by atoms with van der Waals surface area (Å²) in [6, 6.07) is 8.37. The molecule has 1 N–H and O–H groups in total. The zero-order valence-electron chi connectivity index (χ0n) is 11.6. The van der Waals surface area contributed by atoms with Gasteiger partial charge in [-0.2, -0.15) is 11.8 Å². The number of thioether (sulfide) groups is 1. The Hall–Kier alpha value is -1.00. The van der Waals surface area contributed by atoms with Gasteiger partial charge < -0.3 is 5.11 Å². The van der Waals surface area contributed by atoms with E-state index >= 15 is 0 Å². The van der Waals surface area contributed by atoms with Crippen molar-refractivity contribution < 1.29 is 9.90 Å². The van der Waals surface area contributed by atoms with Crippen molar-refractivity contribution in [2.75, 3.05) is 24.6 Å². The molecule has 1 aromatic carbocycles. The summed E-state index contributed by atoms with van der Waals surface area (Å²) in [5.41, 5.74) is 2.91. The van der Waals surface area contributed by atoms with E-state index < -0.39 is 5.97 Å². The lowest BCUT2D eigenvalue weighted by molar-refractivity contribution is -0.142. The Morgan fingerprint density at radius 1 is 1.40 bits per heavy atom. The van der Waals surface area contributed by atoms with Gasteiger partial charge in [-0.15, -0.1) is 0 Å². The highest BCUT2D eigenvalue weighted by Crippen LogP contribution is 2.33. The van der Waals surface area contributed by atoms with Gasteiger partial charge in [0.15, 0.2) is 0 Å². The first-order valence-corrected chi connectivity index (χ1v) is 8.53. The maximum absolute atomic E-state index is 11.4. The number of benzene rings is 1. The van der Waals surface area contributed by atoms with E-state index in [-0.39, 0.29) is 6.04 Å². The molecule has 1 heterocycles. The highest BCUT2D eigenvalue weighted by molar-refractivity contribution is 7.99. The molecule has 108 valence electrons. The van der Waals surface area contributed by atoms with Crippen LogP contribution in [0.3, 0.4) is 0 Å².